The van der Waals surface area contributed by atoms with Gasteiger partial charge in [-0.2, -0.15) is 4.31 Å². The number of rotatable bonds is 11. The number of morpholine rings is 1. The molecule has 0 radical (unpaired) electrons. The summed E-state index contributed by atoms with van der Waals surface area (Å²) in [6.45, 7) is 2.93. The molecule has 1 aliphatic heterocycles. The Balaban J connectivity index is 1.35. The third-order valence-corrected chi connectivity index (χ3v) is 10.1. The molecule has 0 saturated carbocycles. The summed E-state index contributed by atoms with van der Waals surface area (Å²) in [5.74, 6) is -0.0962. The second kappa shape index (κ2) is 13.0. The highest BCUT2D eigenvalue weighted by molar-refractivity contribution is 7.92. The van der Waals surface area contributed by atoms with E-state index < -0.39 is 32.5 Å². The first-order valence-electron chi connectivity index (χ1n) is 12.5. The number of carbonyl (C=O) groups is 1. The van der Waals surface area contributed by atoms with Crippen molar-refractivity contribution in [1.29, 1.82) is 0 Å². The molecule has 1 heterocycles. The van der Waals surface area contributed by atoms with Gasteiger partial charge in [0.1, 0.15) is 18.9 Å². The Bertz CT molecular complexity index is 1510. The van der Waals surface area contributed by atoms with Crippen LogP contribution in [0.4, 0.5) is 5.69 Å². The zero-order chi connectivity index (χ0) is 28.8. The fourth-order valence-electron chi connectivity index (χ4n) is 3.95. The maximum absolute atomic E-state index is 13.4. The molecule has 1 fully saturated rings. The Morgan fingerprint density at radius 3 is 2.15 bits per heavy atom. The molecule has 0 aliphatic carbocycles. The summed E-state index contributed by atoms with van der Waals surface area (Å²) in [5, 5.41) is 3.10. The fourth-order valence-corrected chi connectivity index (χ4v) is 6.90. The molecule has 1 saturated heterocycles. The molecule has 10 nitrogen and oxygen atoms in total. The van der Waals surface area contributed by atoms with E-state index in [4.69, 9.17) is 21.1 Å². The Morgan fingerprint density at radius 2 is 1.52 bits per heavy atom. The highest BCUT2D eigenvalue weighted by Gasteiger charge is 2.28. The van der Waals surface area contributed by atoms with E-state index >= 15 is 0 Å². The summed E-state index contributed by atoms with van der Waals surface area (Å²) in [6, 6.07) is 18.6. The minimum Gasteiger partial charge on any atom is -0.492 e. The SMILES string of the molecule is Cc1ccc(S(=O)(=O)N(CC(=O)NCCOc2ccc(S(=O)(=O)N3CCOCC3)cc2)c2ccc(Cl)cc2)cc1. The normalized spacial score (nSPS) is 14.4. The summed E-state index contributed by atoms with van der Waals surface area (Å²) in [6.07, 6.45) is 0. The predicted molar refractivity (Wildman–Crippen MR) is 152 cm³/mol. The van der Waals surface area contributed by atoms with Crippen LogP contribution in [0.5, 0.6) is 5.75 Å². The van der Waals surface area contributed by atoms with E-state index in [-0.39, 0.29) is 22.9 Å². The number of amides is 1. The van der Waals surface area contributed by atoms with Gasteiger partial charge in [-0.05, 0) is 67.6 Å². The lowest BCUT2D eigenvalue weighted by atomic mass is 10.2. The quantitative estimate of drug-likeness (QED) is 0.332. The van der Waals surface area contributed by atoms with Gasteiger partial charge in [-0.1, -0.05) is 29.3 Å². The Kier molecular flexibility index (Phi) is 9.69. The number of nitrogens with zero attached hydrogens (tertiary/aromatic N) is 2. The van der Waals surface area contributed by atoms with Crippen molar-refractivity contribution in [2.45, 2.75) is 16.7 Å². The Labute approximate surface area is 239 Å². The number of ether oxygens (including phenoxy) is 2. The number of anilines is 1. The van der Waals surface area contributed by atoms with Gasteiger partial charge in [0, 0.05) is 18.1 Å². The third-order valence-electron chi connectivity index (χ3n) is 6.14. The highest BCUT2D eigenvalue weighted by Crippen LogP contribution is 2.25. The number of carbonyl (C=O) groups excluding carboxylic acids is 1. The molecule has 13 heteroatoms. The molecule has 0 aromatic heterocycles. The Morgan fingerprint density at radius 1 is 0.925 bits per heavy atom. The standard InChI is InChI=1S/C27H30ClN3O7S2/c1-21-2-10-26(11-3-21)40(35,36)31(23-6-4-22(28)5-7-23)20-27(32)29-14-17-38-24-8-12-25(13-9-24)39(33,34)30-15-18-37-19-16-30/h2-13H,14-20H2,1H3,(H,29,32). The molecular formula is C27H30ClN3O7S2. The minimum atomic E-state index is -4.04. The van der Waals surface area contributed by atoms with Crippen LogP contribution in [0, 0.1) is 6.92 Å². The van der Waals surface area contributed by atoms with E-state index in [1.54, 1.807) is 36.4 Å². The number of hydrogen-bond donors (Lipinski definition) is 1. The van der Waals surface area contributed by atoms with Gasteiger partial charge in [0.2, 0.25) is 15.9 Å². The van der Waals surface area contributed by atoms with Crippen molar-refractivity contribution in [3.05, 3.63) is 83.4 Å². The lowest BCUT2D eigenvalue weighted by Crippen LogP contribution is -2.41. The van der Waals surface area contributed by atoms with Crippen LogP contribution in [-0.4, -0.2) is 73.0 Å². The molecule has 0 bridgehead atoms. The topological polar surface area (TPSA) is 122 Å². The van der Waals surface area contributed by atoms with Crippen LogP contribution in [0.3, 0.4) is 0 Å². The monoisotopic (exact) mass is 607 g/mol. The lowest BCUT2D eigenvalue weighted by Gasteiger charge is -2.26. The van der Waals surface area contributed by atoms with Crippen LogP contribution in [0.1, 0.15) is 5.56 Å². The average molecular weight is 608 g/mol. The molecule has 1 aliphatic rings. The van der Waals surface area contributed by atoms with Crippen LogP contribution in [0.15, 0.2) is 82.6 Å². The number of sulfonamides is 2. The first-order valence-corrected chi connectivity index (χ1v) is 15.8. The predicted octanol–water partition coefficient (Wildman–Crippen LogP) is 3.06. The van der Waals surface area contributed by atoms with Crippen LogP contribution >= 0.6 is 11.6 Å². The van der Waals surface area contributed by atoms with Crippen molar-refractivity contribution in [2.75, 3.05) is 50.3 Å². The van der Waals surface area contributed by atoms with Crippen LogP contribution < -0.4 is 14.4 Å². The van der Waals surface area contributed by atoms with Gasteiger partial charge < -0.3 is 14.8 Å². The van der Waals surface area contributed by atoms with Gasteiger partial charge in [-0.15, -0.1) is 0 Å². The summed E-state index contributed by atoms with van der Waals surface area (Å²) < 4.78 is 65.6. The maximum atomic E-state index is 13.4. The summed E-state index contributed by atoms with van der Waals surface area (Å²) in [4.78, 5) is 13.0. The van der Waals surface area contributed by atoms with Crippen molar-refractivity contribution in [3.63, 3.8) is 0 Å². The van der Waals surface area contributed by atoms with Crippen molar-refractivity contribution in [2.24, 2.45) is 0 Å². The van der Waals surface area contributed by atoms with Gasteiger partial charge in [0.05, 0.1) is 35.2 Å². The van der Waals surface area contributed by atoms with E-state index in [9.17, 15) is 21.6 Å². The second-order valence-corrected chi connectivity index (χ2v) is 13.2. The molecule has 0 spiro atoms. The van der Waals surface area contributed by atoms with Crippen molar-refractivity contribution in [3.8, 4) is 5.75 Å². The van der Waals surface area contributed by atoms with Crippen molar-refractivity contribution < 1.29 is 31.1 Å². The van der Waals surface area contributed by atoms with Crippen LogP contribution in [0.25, 0.3) is 0 Å². The maximum Gasteiger partial charge on any atom is 0.264 e. The van der Waals surface area contributed by atoms with E-state index in [1.807, 2.05) is 6.92 Å². The molecule has 3 aromatic carbocycles. The molecule has 1 amide bonds. The molecule has 40 heavy (non-hydrogen) atoms. The smallest absolute Gasteiger partial charge is 0.264 e. The summed E-state index contributed by atoms with van der Waals surface area (Å²) in [5.41, 5.74) is 1.20. The zero-order valence-corrected chi connectivity index (χ0v) is 24.2. The zero-order valence-electron chi connectivity index (χ0n) is 21.8. The van der Waals surface area contributed by atoms with E-state index in [1.165, 1.54) is 40.7 Å². The van der Waals surface area contributed by atoms with Gasteiger partial charge in [-0.25, -0.2) is 16.8 Å². The van der Waals surface area contributed by atoms with E-state index in [0.717, 1.165) is 9.87 Å². The Hall–Kier alpha value is -3.16. The third kappa shape index (κ3) is 7.32. The number of aryl methyl sites for hydroxylation is 1. The fraction of sp³-hybridized carbons (Fsp3) is 0.296. The summed E-state index contributed by atoms with van der Waals surface area (Å²) >= 11 is 5.97. The van der Waals surface area contributed by atoms with Crippen molar-refractivity contribution in [1.82, 2.24) is 9.62 Å². The van der Waals surface area contributed by atoms with Crippen molar-refractivity contribution >= 4 is 43.2 Å². The average Bonchev–Trinajstić information content (AvgIpc) is 2.95. The second-order valence-electron chi connectivity index (χ2n) is 8.99. The number of benzene rings is 3. The van der Waals surface area contributed by atoms with Crippen LogP contribution in [0.2, 0.25) is 5.02 Å². The first kappa shape index (κ1) is 29.8. The molecule has 4 rings (SSSR count). The number of halogens is 1. The summed E-state index contributed by atoms with van der Waals surface area (Å²) in [7, 11) is -7.65. The molecule has 0 unspecified atom stereocenters. The van der Waals surface area contributed by atoms with E-state index in [2.05, 4.69) is 5.32 Å². The van der Waals surface area contributed by atoms with Crippen LogP contribution in [-0.2, 0) is 29.6 Å². The number of nitrogens with one attached hydrogen (secondary N) is 1. The largest absolute Gasteiger partial charge is 0.492 e. The van der Waals surface area contributed by atoms with Gasteiger partial charge >= 0.3 is 0 Å². The van der Waals surface area contributed by atoms with Gasteiger partial charge in [-0.3, -0.25) is 9.10 Å². The molecular weight excluding hydrogens is 578 g/mol. The molecule has 1 N–H and O–H groups in total. The lowest BCUT2D eigenvalue weighted by molar-refractivity contribution is -0.119. The van der Waals surface area contributed by atoms with Gasteiger partial charge in [0.25, 0.3) is 10.0 Å². The highest BCUT2D eigenvalue weighted by atomic mass is 35.5. The number of hydrogen-bond acceptors (Lipinski definition) is 7. The molecule has 0 atom stereocenters. The first-order chi connectivity index (χ1) is 19.1. The van der Waals surface area contributed by atoms with E-state index in [0.29, 0.717) is 42.8 Å². The van der Waals surface area contributed by atoms with Gasteiger partial charge in [0.15, 0.2) is 0 Å². The minimum absolute atomic E-state index is 0.0586. The molecule has 214 valence electrons. The molecule has 3 aromatic rings.